The zero-order valence-electron chi connectivity index (χ0n) is 18.6. The number of benzene rings is 2. The fourth-order valence-electron chi connectivity index (χ4n) is 3.98. The summed E-state index contributed by atoms with van der Waals surface area (Å²) in [6, 6.07) is 16.3. The number of carbonyl (C=O) groups is 2. The topological polar surface area (TPSA) is 49.4 Å². The Balaban J connectivity index is 1.52. The van der Waals surface area contributed by atoms with Crippen molar-refractivity contribution in [1.29, 1.82) is 0 Å². The minimum absolute atomic E-state index is 0.0000960. The van der Waals surface area contributed by atoms with E-state index in [-0.39, 0.29) is 23.4 Å². The summed E-state index contributed by atoms with van der Waals surface area (Å²) in [6.45, 7) is 3.49. The molecule has 172 valence electrons. The number of amides is 2. The number of hydrogen-bond donors (Lipinski definition) is 1. The number of nitrogens with one attached hydrogen (secondary N) is 1. The Bertz CT molecular complexity index is 1110. The molecule has 3 aromatic rings. The van der Waals surface area contributed by atoms with E-state index in [1.807, 2.05) is 42.2 Å². The molecule has 0 radical (unpaired) electrons. The van der Waals surface area contributed by atoms with Crippen LogP contribution in [0.25, 0.3) is 10.4 Å². The predicted octanol–water partition coefficient (Wildman–Crippen LogP) is 6.36. The van der Waals surface area contributed by atoms with E-state index in [4.69, 9.17) is 0 Å². The minimum atomic E-state index is -0.269. The van der Waals surface area contributed by atoms with Crippen molar-refractivity contribution >= 4 is 39.9 Å². The van der Waals surface area contributed by atoms with E-state index in [0.29, 0.717) is 16.3 Å². The van der Waals surface area contributed by atoms with E-state index >= 15 is 0 Å². The number of piperidine rings is 1. The first-order chi connectivity index (χ1) is 16.0. The third-order valence-corrected chi connectivity index (χ3v) is 7.97. The number of thiophene rings is 1. The smallest absolute Gasteiger partial charge is 0.257 e. The molecule has 0 saturated carbocycles. The number of rotatable bonds is 7. The molecule has 1 N–H and O–H groups in total. The van der Waals surface area contributed by atoms with E-state index in [1.165, 1.54) is 35.2 Å². The molecule has 2 aromatic carbocycles. The second-order valence-electron chi connectivity index (χ2n) is 8.15. The van der Waals surface area contributed by atoms with Gasteiger partial charge in [0, 0.05) is 23.7 Å². The van der Waals surface area contributed by atoms with Crippen LogP contribution >= 0.6 is 23.1 Å². The number of anilines is 1. The molecule has 2 amide bonds. The molecule has 4 rings (SSSR count). The van der Waals surface area contributed by atoms with Crippen molar-refractivity contribution in [1.82, 2.24) is 4.90 Å². The van der Waals surface area contributed by atoms with Crippen LogP contribution in [0, 0.1) is 12.7 Å². The van der Waals surface area contributed by atoms with Crippen LogP contribution in [0.1, 0.15) is 40.7 Å². The third kappa shape index (κ3) is 5.84. The summed E-state index contributed by atoms with van der Waals surface area (Å²) in [6.07, 6.45) is 3.18. The maximum absolute atomic E-state index is 13.4. The van der Waals surface area contributed by atoms with Crippen molar-refractivity contribution in [2.75, 3.05) is 24.2 Å². The van der Waals surface area contributed by atoms with Crippen molar-refractivity contribution in [3.63, 3.8) is 0 Å². The second kappa shape index (κ2) is 11.0. The Kier molecular flexibility index (Phi) is 7.83. The number of halogens is 1. The van der Waals surface area contributed by atoms with Crippen molar-refractivity contribution in [3.8, 4) is 10.4 Å². The van der Waals surface area contributed by atoms with Gasteiger partial charge in [0.1, 0.15) is 10.8 Å². The highest BCUT2D eigenvalue weighted by Crippen LogP contribution is 2.40. The van der Waals surface area contributed by atoms with Gasteiger partial charge in [-0.3, -0.25) is 9.59 Å². The van der Waals surface area contributed by atoms with Crippen LogP contribution in [0.3, 0.4) is 0 Å². The van der Waals surface area contributed by atoms with Crippen molar-refractivity contribution in [3.05, 3.63) is 77.1 Å². The zero-order chi connectivity index (χ0) is 23.2. The van der Waals surface area contributed by atoms with Crippen LogP contribution in [0.5, 0.6) is 0 Å². The first-order valence-corrected chi connectivity index (χ1v) is 13.1. The lowest BCUT2D eigenvalue weighted by Crippen LogP contribution is -2.36. The molecule has 0 unspecified atom stereocenters. The van der Waals surface area contributed by atoms with Gasteiger partial charge in [-0.1, -0.05) is 42.5 Å². The molecule has 7 heteroatoms. The molecule has 1 saturated heterocycles. The fourth-order valence-corrected chi connectivity index (χ4v) is 5.99. The van der Waals surface area contributed by atoms with Crippen molar-refractivity contribution < 1.29 is 14.0 Å². The maximum atomic E-state index is 13.4. The lowest BCUT2D eigenvalue weighted by molar-refractivity contribution is -0.113. The quantitative estimate of drug-likeness (QED) is 0.426. The minimum Gasteiger partial charge on any atom is -0.339 e. The monoisotopic (exact) mass is 482 g/mol. The Labute approximate surface area is 202 Å². The molecule has 1 aliphatic heterocycles. The summed E-state index contributed by atoms with van der Waals surface area (Å²) >= 11 is 2.93. The molecular formula is C26H27FN2O2S2. The van der Waals surface area contributed by atoms with Crippen LogP contribution in [0.15, 0.2) is 54.6 Å². The first kappa shape index (κ1) is 23.5. The summed E-state index contributed by atoms with van der Waals surface area (Å²) in [5, 5.41) is 3.63. The van der Waals surface area contributed by atoms with E-state index in [0.717, 1.165) is 53.9 Å². The third-order valence-electron chi connectivity index (χ3n) is 5.71. The van der Waals surface area contributed by atoms with E-state index in [2.05, 4.69) is 5.32 Å². The van der Waals surface area contributed by atoms with Gasteiger partial charge in [-0.25, -0.2) is 4.39 Å². The van der Waals surface area contributed by atoms with E-state index < -0.39 is 0 Å². The summed E-state index contributed by atoms with van der Waals surface area (Å²) in [7, 11) is 0. The molecule has 33 heavy (non-hydrogen) atoms. The predicted molar refractivity (Wildman–Crippen MR) is 135 cm³/mol. The van der Waals surface area contributed by atoms with Gasteiger partial charge in [0.05, 0.1) is 11.3 Å². The summed E-state index contributed by atoms with van der Waals surface area (Å²) in [5.41, 5.74) is 3.53. The van der Waals surface area contributed by atoms with Gasteiger partial charge in [-0.2, -0.15) is 0 Å². The standard InChI is InChI=1S/C26H27FN2O2S2/c1-18-23(26(31)29-14-6-3-7-15-29)25(33-24(18)20-8-4-2-5-9-20)28-22(30)17-32-16-19-10-12-21(27)13-11-19/h2,4-5,8-13H,3,6-7,14-17H2,1H3,(H,28,30). The molecule has 1 aromatic heterocycles. The lowest BCUT2D eigenvalue weighted by atomic mass is 10.0. The Morgan fingerprint density at radius 2 is 1.73 bits per heavy atom. The maximum Gasteiger partial charge on any atom is 0.257 e. The molecular weight excluding hydrogens is 455 g/mol. The zero-order valence-corrected chi connectivity index (χ0v) is 20.2. The molecule has 0 spiro atoms. The van der Waals surface area contributed by atoms with E-state index in [9.17, 15) is 14.0 Å². The highest BCUT2D eigenvalue weighted by molar-refractivity contribution is 7.99. The van der Waals surface area contributed by atoms with Crippen molar-refractivity contribution in [2.45, 2.75) is 31.9 Å². The average Bonchev–Trinajstić information content (AvgIpc) is 3.16. The molecule has 1 fully saturated rings. The summed E-state index contributed by atoms with van der Waals surface area (Å²) in [5.74, 6) is 0.462. The van der Waals surface area contributed by atoms with Crippen LogP contribution in [0.2, 0.25) is 0 Å². The van der Waals surface area contributed by atoms with Gasteiger partial charge in [-0.15, -0.1) is 23.1 Å². The normalized spacial score (nSPS) is 13.7. The van der Waals surface area contributed by atoms with Crippen LogP contribution < -0.4 is 5.32 Å². The molecule has 0 bridgehead atoms. The number of hydrogen-bond acceptors (Lipinski definition) is 4. The van der Waals surface area contributed by atoms with Gasteiger partial charge in [0.15, 0.2) is 0 Å². The Morgan fingerprint density at radius 3 is 2.42 bits per heavy atom. The molecule has 1 aliphatic rings. The van der Waals surface area contributed by atoms with Crippen molar-refractivity contribution in [2.24, 2.45) is 0 Å². The molecule has 0 aliphatic carbocycles. The number of nitrogens with zero attached hydrogens (tertiary/aromatic N) is 1. The van der Waals surface area contributed by atoms with Gasteiger partial charge in [0.2, 0.25) is 5.91 Å². The van der Waals surface area contributed by atoms with Gasteiger partial charge >= 0.3 is 0 Å². The number of likely N-dealkylation sites (tertiary alicyclic amines) is 1. The Hall–Kier alpha value is -2.64. The SMILES string of the molecule is Cc1c(-c2ccccc2)sc(NC(=O)CSCc2ccc(F)cc2)c1C(=O)N1CCCCC1. The van der Waals surface area contributed by atoms with E-state index in [1.54, 1.807) is 12.1 Å². The van der Waals surface area contributed by atoms with Crippen LogP contribution in [0.4, 0.5) is 9.39 Å². The average molecular weight is 483 g/mol. The Morgan fingerprint density at radius 1 is 1.03 bits per heavy atom. The first-order valence-electron chi connectivity index (χ1n) is 11.1. The van der Waals surface area contributed by atoms with Crippen LogP contribution in [-0.4, -0.2) is 35.6 Å². The molecule has 0 atom stereocenters. The summed E-state index contributed by atoms with van der Waals surface area (Å²) in [4.78, 5) is 29.1. The second-order valence-corrected chi connectivity index (χ2v) is 10.2. The number of thioether (sulfide) groups is 1. The fraction of sp³-hybridized carbons (Fsp3) is 0.308. The van der Waals surface area contributed by atoms with Gasteiger partial charge in [-0.05, 0) is 55.0 Å². The largest absolute Gasteiger partial charge is 0.339 e. The van der Waals surface area contributed by atoms with Gasteiger partial charge in [0.25, 0.3) is 5.91 Å². The van der Waals surface area contributed by atoms with Crippen LogP contribution in [-0.2, 0) is 10.5 Å². The highest BCUT2D eigenvalue weighted by atomic mass is 32.2. The molecule has 2 heterocycles. The highest BCUT2D eigenvalue weighted by Gasteiger charge is 2.27. The van der Waals surface area contributed by atoms with Gasteiger partial charge < -0.3 is 10.2 Å². The summed E-state index contributed by atoms with van der Waals surface area (Å²) < 4.78 is 13.1. The molecule has 4 nitrogen and oxygen atoms in total. The number of carbonyl (C=O) groups excluding carboxylic acids is 2. The lowest BCUT2D eigenvalue weighted by Gasteiger charge is -2.27.